The fraction of sp³-hybridized carbons (Fsp3) is 0.417. The zero-order valence-corrected chi connectivity index (χ0v) is 12.7. The van der Waals surface area contributed by atoms with E-state index in [4.69, 9.17) is 0 Å². The normalized spacial score (nSPS) is 13.3. The van der Waals surface area contributed by atoms with Gasteiger partial charge in [0.1, 0.15) is 0 Å². The van der Waals surface area contributed by atoms with Gasteiger partial charge in [0.15, 0.2) is 0 Å². The molecule has 16 heavy (non-hydrogen) atoms. The van der Waals surface area contributed by atoms with E-state index in [1.165, 1.54) is 0 Å². The van der Waals surface area contributed by atoms with Crippen LogP contribution in [0.25, 0.3) is 0 Å². The number of alkyl halides is 1. The van der Waals surface area contributed by atoms with Crippen LogP contribution in [0.3, 0.4) is 0 Å². The van der Waals surface area contributed by atoms with E-state index in [1.54, 1.807) is 0 Å². The maximum absolute atomic E-state index is 11.8. The van der Waals surface area contributed by atoms with Crippen LogP contribution in [0.4, 0.5) is 0 Å². The van der Waals surface area contributed by atoms with Gasteiger partial charge in [-0.2, -0.15) is 0 Å². The van der Waals surface area contributed by atoms with Gasteiger partial charge < -0.3 is 5.32 Å². The summed E-state index contributed by atoms with van der Waals surface area (Å²) in [7, 11) is 0. The third-order valence-corrected chi connectivity index (χ3v) is 3.34. The molecule has 0 saturated heterocycles. The molecule has 0 aliphatic heterocycles. The van der Waals surface area contributed by atoms with Crippen molar-refractivity contribution in [1.82, 2.24) is 5.32 Å². The number of carbonyl (C=O) groups excluding carboxylic acids is 1. The van der Waals surface area contributed by atoms with E-state index < -0.39 is 4.32 Å². The summed E-state index contributed by atoms with van der Waals surface area (Å²) in [5.74, 6) is -0.0178. The second-order valence-electron chi connectivity index (χ2n) is 4.19. The van der Waals surface area contributed by atoms with Crippen LogP contribution >= 0.6 is 31.9 Å². The molecule has 0 aromatic heterocycles. The fourth-order valence-corrected chi connectivity index (χ4v) is 2.01. The predicted octanol–water partition coefficient (Wildman–Crippen LogP) is 3.80. The topological polar surface area (TPSA) is 29.1 Å². The predicted molar refractivity (Wildman–Crippen MR) is 73.7 cm³/mol. The van der Waals surface area contributed by atoms with E-state index in [-0.39, 0.29) is 11.9 Å². The molecular formula is C12H15Br2NO. The molecule has 0 bridgehead atoms. The van der Waals surface area contributed by atoms with Gasteiger partial charge in [0.05, 0.1) is 10.4 Å². The lowest BCUT2D eigenvalue weighted by Crippen LogP contribution is -2.38. The SMILES string of the molecule is C[C@@H](NC(=O)C(C)(C)Br)c1ccccc1Br. The van der Waals surface area contributed by atoms with Crippen molar-refractivity contribution < 1.29 is 4.79 Å². The molecule has 1 atom stereocenters. The van der Waals surface area contributed by atoms with Crippen LogP contribution in [0.2, 0.25) is 0 Å². The number of halogens is 2. The summed E-state index contributed by atoms with van der Waals surface area (Å²) in [5, 5.41) is 2.96. The summed E-state index contributed by atoms with van der Waals surface area (Å²) < 4.78 is 0.470. The van der Waals surface area contributed by atoms with Gasteiger partial charge in [0.2, 0.25) is 5.91 Å². The van der Waals surface area contributed by atoms with Gasteiger partial charge in [-0.1, -0.05) is 50.1 Å². The van der Waals surface area contributed by atoms with Gasteiger partial charge >= 0.3 is 0 Å². The lowest BCUT2D eigenvalue weighted by Gasteiger charge is -2.21. The first-order valence-corrected chi connectivity index (χ1v) is 6.65. The average Bonchev–Trinajstić information content (AvgIpc) is 2.16. The molecule has 0 aliphatic carbocycles. The first-order chi connectivity index (χ1) is 7.32. The van der Waals surface area contributed by atoms with Gasteiger partial charge in [-0.25, -0.2) is 0 Å². The van der Waals surface area contributed by atoms with E-state index in [0.29, 0.717) is 0 Å². The van der Waals surface area contributed by atoms with Crippen molar-refractivity contribution in [3.8, 4) is 0 Å². The Hall–Kier alpha value is -0.350. The maximum atomic E-state index is 11.8. The van der Waals surface area contributed by atoms with E-state index in [2.05, 4.69) is 37.2 Å². The van der Waals surface area contributed by atoms with Gasteiger partial charge in [0.25, 0.3) is 0 Å². The number of hydrogen-bond donors (Lipinski definition) is 1. The number of benzene rings is 1. The molecule has 0 unspecified atom stereocenters. The molecule has 0 saturated carbocycles. The summed E-state index contributed by atoms with van der Waals surface area (Å²) in [6.07, 6.45) is 0. The Morgan fingerprint density at radius 3 is 2.44 bits per heavy atom. The zero-order chi connectivity index (χ0) is 12.3. The molecule has 1 N–H and O–H groups in total. The smallest absolute Gasteiger partial charge is 0.236 e. The van der Waals surface area contributed by atoms with Crippen molar-refractivity contribution in [2.24, 2.45) is 0 Å². The molecule has 1 aromatic rings. The summed E-state index contributed by atoms with van der Waals surface area (Å²) in [4.78, 5) is 11.8. The minimum atomic E-state index is -0.539. The second kappa shape index (κ2) is 5.32. The van der Waals surface area contributed by atoms with Gasteiger partial charge in [0, 0.05) is 4.47 Å². The monoisotopic (exact) mass is 347 g/mol. The van der Waals surface area contributed by atoms with Crippen LogP contribution in [-0.2, 0) is 4.79 Å². The number of amides is 1. The number of nitrogens with one attached hydrogen (secondary N) is 1. The molecule has 0 radical (unpaired) electrons. The van der Waals surface area contributed by atoms with Gasteiger partial charge in [-0.15, -0.1) is 0 Å². The molecule has 0 heterocycles. The number of carbonyl (C=O) groups is 1. The Bertz CT molecular complexity index is 385. The van der Waals surface area contributed by atoms with Gasteiger partial charge in [-0.05, 0) is 32.4 Å². The first kappa shape index (κ1) is 13.7. The quantitative estimate of drug-likeness (QED) is 0.827. The third-order valence-electron chi connectivity index (χ3n) is 2.26. The molecule has 1 aromatic carbocycles. The van der Waals surface area contributed by atoms with Crippen LogP contribution in [0.15, 0.2) is 28.7 Å². The highest BCUT2D eigenvalue weighted by atomic mass is 79.9. The maximum Gasteiger partial charge on any atom is 0.236 e. The van der Waals surface area contributed by atoms with Crippen LogP contribution in [0.5, 0.6) is 0 Å². The molecule has 1 rings (SSSR count). The highest BCUT2D eigenvalue weighted by molar-refractivity contribution is 9.10. The zero-order valence-electron chi connectivity index (χ0n) is 9.55. The second-order valence-corrected chi connectivity index (χ2v) is 7.03. The molecule has 88 valence electrons. The summed E-state index contributed by atoms with van der Waals surface area (Å²) in [6, 6.07) is 7.87. The Morgan fingerprint density at radius 1 is 1.38 bits per heavy atom. The summed E-state index contributed by atoms with van der Waals surface area (Å²) >= 11 is 6.81. The molecular weight excluding hydrogens is 334 g/mol. The highest BCUT2D eigenvalue weighted by Crippen LogP contribution is 2.24. The standard InChI is InChI=1S/C12H15Br2NO/c1-8(15-11(16)12(2,3)14)9-6-4-5-7-10(9)13/h4-8H,1-3H3,(H,15,16)/t8-/m1/s1. The third kappa shape index (κ3) is 3.59. The van der Waals surface area contributed by atoms with Crippen LogP contribution < -0.4 is 5.32 Å². The van der Waals surface area contributed by atoms with Crippen molar-refractivity contribution in [1.29, 1.82) is 0 Å². The Labute approximate surface area is 113 Å². The van der Waals surface area contributed by atoms with Crippen LogP contribution in [-0.4, -0.2) is 10.2 Å². The summed E-state index contributed by atoms with van der Waals surface area (Å²) in [6.45, 7) is 5.63. The molecule has 4 heteroatoms. The van der Waals surface area contributed by atoms with Crippen molar-refractivity contribution >= 4 is 37.8 Å². The Kier molecular flexibility index (Phi) is 4.56. The average molecular weight is 349 g/mol. The largest absolute Gasteiger partial charge is 0.348 e. The Balaban J connectivity index is 2.78. The minimum Gasteiger partial charge on any atom is -0.348 e. The van der Waals surface area contributed by atoms with E-state index in [0.717, 1.165) is 10.0 Å². The lowest BCUT2D eigenvalue weighted by molar-refractivity contribution is -0.123. The van der Waals surface area contributed by atoms with E-state index >= 15 is 0 Å². The van der Waals surface area contributed by atoms with Crippen molar-refractivity contribution in [2.45, 2.75) is 31.1 Å². The Morgan fingerprint density at radius 2 is 1.94 bits per heavy atom. The molecule has 1 amide bonds. The highest BCUT2D eigenvalue weighted by Gasteiger charge is 2.25. The first-order valence-electron chi connectivity index (χ1n) is 5.06. The van der Waals surface area contributed by atoms with Crippen molar-refractivity contribution in [3.63, 3.8) is 0 Å². The molecule has 0 spiro atoms. The lowest BCUT2D eigenvalue weighted by atomic mass is 10.1. The minimum absolute atomic E-state index is 0.0140. The van der Waals surface area contributed by atoms with Crippen molar-refractivity contribution in [3.05, 3.63) is 34.3 Å². The molecule has 0 fully saturated rings. The number of rotatable bonds is 3. The molecule has 2 nitrogen and oxygen atoms in total. The van der Waals surface area contributed by atoms with Crippen LogP contribution in [0, 0.1) is 0 Å². The van der Waals surface area contributed by atoms with E-state index in [1.807, 2.05) is 45.0 Å². The van der Waals surface area contributed by atoms with E-state index in [9.17, 15) is 4.79 Å². The van der Waals surface area contributed by atoms with Crippen molar-refractivity contribution in [2.75, 3.05) is 0 Å². The number of hydrogen-bond acceptors (Lipinski definition) is 1. The molecule has 0 aliphatic rings. The summed E-state index contributed by atoms with van der Waals surface area (Å²) in [5.41, 5.74) is 1.08. The van der Waals surface area contributed by atoms with Gasteiger partial charge in [-0.3, -0.25) is 4.79 Å². The van der Waals surface area contributed by atoms with Crippen LogP contribution in [0.1, 0.15) is 32.4 Å². The fourth-order valence-electron chi connectivity index (χ4n) is 1.27.